The number of ether oxygens (including phenoxy) is 2. The molecule has 0 N–H and O–H groups in total. The smallest absolute Gasteiger partial charge is 0.416 e. The van der Waals surface area contributed by atoms with E-state index in [0.29, 0.717) is 32.0 Å². The number of methoxy groups -OCH3 is 1. The van der Waals surface area contributed by atoms with Crippen molar-refractivity contribution in [2.24, 2.45) is 7.05 Å². The van der Waals surface area contributed by atoms with Crippen LogP contribution in [0.4, 0.5) is 17.6 Å². The molecular formula is C45H41F4N7O4. The summed E-state index contributed by atoms with van der Waals surface area (Å²) in [5.41, 5.74) is -0.195. The van der Waals surface area contributed by atoms with Gasteiger partial charge in [0.25, 0.3) is 0 Å². The summed E-state index contributed by atoms with van der Waals surface area (Å²) < 4.78 is 75.8. The van der Waals surface area contributed by atoms with E-state index in [2.05, 4.69) is 15.1 Å². The van der Waals surface area contributed by atoms with Gasteiger partial charge in [0.05, 0.1) is 23.7 Å². The van der Waals surface area contributed by atoms with Crippen LogP contribution in [0.3, 0.4) is 0 Å². The fraction of sp³-hybridized carbons (Fsp3) is 0.244. The van der Waals surface area contributed by atoms with Crippen molar-refractivity contribution in [2.75, 3.05) is 40.3 Å². The summed E-state index contributed by atoms with van der Waals surface area (Å²) in [5, 5.41) is 8.70. The summed E-state index contributed by atoms with van der Waals surface area (Å²) in [6.07, 6.45) is -3.24. The molecule has 3 heterocycles. The van der Waals surface area contributed by atoms with Crippen molar-refractivity contribution in [2.45, 2.75) is 24.9 Å². The number of benzene rings is 5. The number of piperazine rings is 1. The number of carbonyl (C=O) groups is 1. The van der Waals surface area contributed by atoms with Crippen molar-refractivity contribution >= 4 is 16.9 Å². The second kappa shape index (κ2) is 16.1. The maximum Gasteiger partial charge on any atom is 0.416 e. The Kier molecular flexibility index (Phi) is 10.8. The molecule has 1 amide bonds. The average molecular weight is 820 g/mol. The molecule has 0 radical (unpaired) electrons. The minimum Gasteiger partial charge on any atom is -0.493 e. The molecule has 8 rings (SSSR count). The molecule has 15 heteroatoms. The number of carbonyl (C=O) groups excluding carboxylic acids is 1. The lowest BCUT2D eigenvalue weighted by molar-refractivity contribution is -0.137. The first-order chi connectivity index (χ1) is 28.9. The quantitative estimate of drug-likeness (QED) is 0.103. The van der Waals surface area contributed by atoms with Crippen LogP contribution in [0.15, 0.2) is 126 Å². The first-order valence-electron chi connectivity index (χ1n) is 19.2. The van der Waals surface area contributed by atoms with Crippen LogP contribution in [0, 0.1) is 5.82 Å². The Morgan fingerprint density at radius 2 is 1.37 bits per heavy atom. The summed E-state index contributed by atoms with van der Waals surface area (Å²) in [6.45, 7) is 1.36. The summed E-state index contributed by atoms with van der Waals surface area (Å²) in [7, 11) is 4.62. The number of fused-ring (bicyclic) bond motifs is 1. The Bertz CT molecular complexity index is 2610. The molecule has 1 aliphatic rings. The van der Waals surface area contributed by atoms with Crippen LogP contribution >= 0.6 is 0 Å². The highest BCUT2D eigenvalue weighted by Crippen LogP contribution is 2.43. The number of nitrogens with zero attached hydrogens (tertiary/aromatic N) is 7. The topological polar surface area (TPSA) is 99.7 Å². The van der Waals surface area contributed by atoms with Gasteiger partial charge in [-0.15, -0.1) is 10.2 Å². The number of aromatic nitrogens is 5. The fourth-order valence-electron chi connectivity index (χ4n) is 8.13. The first kappa shape index (κ1) is 40.1. The third-order valence-corrected chi connectivity index (χ3v) is 11.2. The largest absolute Gasteiger partial charge is 0.493 e. The molecule has 1 saturated heterocycles. The van der Waals surface area contributed by atoms with Crippen LogP contribution in [-0.2, 0) is 36.7 Å². The average Bonchev–Trinajstić information content (AvgIpc) is 3.82. The monoisotopic (exact) mass is 819 g/mol. The van der Waals surface area contributed by atoms with E-state index in [-0.39, 0.29) is 40.3 Å². The molecule has 60 heavy (non-hydrogen) atoms. The molecule has 1 fully saturated rings. The number of alkyl halides is 3. The van der Waals surface area contributed by atoms with Crippen LogP contribution in [-0.4, -0.2) is 79.9 Å². The normalized spacial score (nSPS) is 13.8. The van der Waals surface area contributed by atoms with E-state index in [4.69, 9.17) is 9.47 Å². The fourth-order valence-corrected chi connectivity index (χ4v) is 8.13. The molecule has 0 atom stereocenters. The van der Waals surface area contributed by atoms with E-state index in [1.165, 1.54) is 24.8 Å². The van der Waals surface area contributed by atoms with Crippen LogP contribution in [0.1, 0.15) is 28.1 Å². The van der Waals surface area contributed by atoms with Gasteiger partial charge in [0, 0.05) is 38.8 Å². The third kappa shape index (κ3) is 7.18. The zero-order valence-corrected chi connectivity index (χ0v) is 33.1. The van der Waals surface area contributed by atoms with Crippen LogP contribution < -0.4 is 15.2 Å². The minimum atomic E-state index is -4.84. The molecule has 2 aromatic heterocycles. The van der Waals surface area contributed by atoms with E-state index in [0.717, 1.165) is 39.5 Å². The number of aryl methyl sites for hydroxylation is 1. The Hall–Kier alpha value is -6.74. The molecule has 5 aromatic carbocycles. The third-order valence-electron chi connectivity index (χ3n) is 11.2. The van der Waals surface area contributed by atoms with Crippen LogP contribution in [0.2, 0.25) is 0 Å². The molecular weight excluding hydrogens is 779 g/mol. The van der Waals surface area contributed by atoms with E-state index in [9.17, 15) is 22.8 Å². The second-order valence-corrected chi connectivity index (χ2v) is 14.7. The van der Waals surface area contributed by atoms with Gasteiger partial charge in [-0.2, -0.15) is 13.2 Å². The lowest BCUT2D eigenvalue weighted by Crippen LogP contribution is -2.48. The minimum absolute atomic E-state index is 0.00893. The van der Waals surface area contributed by atoms with Gasteiger partial charge in [-0.05, 0) is 53.6 Å². The number of amides is 1. The van der Waals surface area contributed by atoms with Gasteiger partial charge in [-0.25, -0.2) is 9.18 Å². The van der Waals surface area contributed by atoms with Crippen molar-refractivity contribution in [3.63, 3.8) is 0 Å². The Labute approximate surface area is 342 Å². The lowest BCUT2D eigenvalue weighted by Gasteiger charge is -2.38. The number of hydrogen-bond donors (Lipinski definition) is 0. The highest BCUT2D eigenvalue weighted by molar-refractivity contribution is 5.95. The van der Waals surface area contributed by atoms with Gasteiger partial charge in [0.2, 0.25) is 5.91 Å². The molecule has 0 unspecified atom stereocenters. The maximum atomic E-state index is 16.5. The van der Waals surface area contributed by atoms with Gasteiger partial charge in [-0.1, -0.05) is 91.0 Å². The van der Waals surface area contributed by atoms with E-state index in [1.54, 1.807) is 11.2 Å². The van der Waals surface area contributed by atoms with Crippen LogP contribution in [0.25, 0.3) is 22.2 Å². The molecule has 1 aliphatic heterocycles. The van der Waals surface area contributed by atoms with E-state index in [1.807, 2.05) is 103 Å². The molecule has 0 bridgehead atoms. The molecule has 0 aliphatic carbocycles. The van der Waals surface area contributed by atoms with Crippen molar-refractivity contribution in [3.05, 3.63) is 166 Å². The Morgan fingerprint density at radius 1 is 0.783 bits per heavy atom. The summed E-state index contributed by atoms with van der Waals surface area (Å²) in [5.74, 6) is -1.42. The zero-order valence-electron chi connectivity index (χ0n) is 33.1. The molecule has 7 aromatic rings. The zero-order chi connectivity index (χ0) is 42.2. The number of rotatable bonds is 11. The SMILES string of the molecule is COc1cc(-c2cc(C(F)(F)F)cc3c2n(C)c(=O)n3CC(=O)N2CCN(C)CC2)cc(F)c1OCc1nncn1C(c1ccccc1)(c1ccccc1)c1ccccc1. The van der Waals surface area contributed by atoms with Gasteiger partial charge >= 0.3 is 11.9 Å². The van der Waals surface area contributed by atoms with Crippen molar-refractivity contribution in [3.8, 4) is 22.6 Å². The lowest BCUT2D eigenvalue weighted by atomic mass is 9.76. The number of hydrogen-bond acceptors (Lipinski definition) is 7. The standard InChI is InChI=1S/C45H41F4N7O4/c1-52-19-21-54(22-20-52)40(57)27-55-37-26-34(45(47,48)49)25-35(41(37)53(2)43(55)58)30-23-36(46)42(38(24-30)59-3)60-28-39-51-50-29-56(39)44(31-13-7-4-8-14-31,32-15-9-5-10-16-32)33-17-11-6-12-18-33/h4-18,23-26,29H,19-22,27-28H2,1-3H3. The highest BCUT2D eigenvalue weighted by atomic mass is 19.4. The van der Waals surface area contributed by atoms with Gasteiger partial charge in [0.15, 0.2) is 23.1 Å². The number of likely N-dealkylation sites (N-methyl/N-ethyl adjacent to an activating group) is 1. The van der Waals surface area contributed by atoms with Crippen molar-refractivity contribution < 1.29 is 31.8 Å². The predicted octanol–water partition coefficient (Wildman–Crippen LogP) is 6.96. The summed E-state index contributed by atoms with van der Waals surface area (Å²) in [4.78, 5) is 30.6. The van der Waals surface area contributed by atoms with Crippen molar-refractivity contribution in [1.29, 1.82) is 0 Å². The first-order valence-corrected chi connectivity index (χ1v) is 19.2. The summed E-state index contributed by atoms with van der Waals surface area (Å²) >= 11 is 0. The molecule has 11 nitrogen and oxygen atoms in total. The van der Waals surface area contributed by atoms with Crippen LogP contribution in [0.5, 0.6) is 11.5 Å². The molecule has 308 valence electrons. The highest BCUT2D eigenvalue weighted by Gasteiger charge is 2.40. The van der Waals surface area contributed by atoms with Crippen molar-refractivity contribution in [1.82, 2.24) is 33.7 Å². The number of imidazole rings is 1. The predicted molar refractivity (Wildman–Crippen MR) is 217 cm³/mol. The van der Waals surface area contributed by atoms with Gasteiger partial charge in [0.1, 0.15) is 25.0 Å². The molecule has 0 spiro atoms. The second-order valence-electron chi connectivity index (χ2n) is 14.7. The number of halogens is 4. The maximum absolute atomic E-state index is 16.5. The van der Waals surface area contributed by atoms with E-state index >= 15 is 4.39 Å². The summed E-state index contributed by atoms with van der Waals surface area (Å²) in [6, 6.07) is 33.6. The Balaban J connectivity index is 1.19. The Morgan fingerprint density at radius 3 is 1.92 bits per heavy atom. The van der Waals surface area contributed by atoms with E-state index < -0.39 is 41.2 Å². The van der Waals surface area contributed by atoms with Gasteiger partial charge in [-0.3, -0.25) is 18.5 Å². The molecule has 0 saturated carbocycles. The van der Waals surface area contributed by atoms with Gasteiger partial charge < -0.3 is 19.3 Å².